The number of primary amides is 1. The standard InChI is InChI=1S/C19H25N5O3/c1-2-13-6-9-16(22-12-13)18(26)24-15-5-3-4-14(7-8-15)23-17(25)10-11-21-19(20)27/h1,6,9,12,14-15H,3-5,7-8,10-11H2,(H,23,25)(H,24,26)(H3,20,21,27). The molecule has 0 saturated heterocycles. The van der Waals surface area contributed by atoms with Crippen molar-refractivity contribution in [3.63, 3.8) is 0 Å². The van der Waals surface area contributed by atoms with Gasteiger partial charge < -0.3 is 21.7 Å². The quantitative estimate of drug-likeness (QED) is 0.433. The molecule has 4 amide bonds. The van der Waals surface area contributed by atoms with Crippen molar-refractivity contribution < 1.29 is 14.4 Å². The van der Waals surface area contributed by atoms with Gasteiger partial charge in [-0.25, -0.2) is 9.78 Å². The molecule has 2 unspecified atom stereocenters. The number of amides is 4. The minimum Gasteiger partial charge on any atom is -0.353 e. The van der Waals surface area contributed by atoms with E-state index in [0.717, 1.165) is 32.1 Å². The number of nitrogens with zero attached hydrogens (tertiary/aromatic N) is 1. The first-order chi connectivity index (χ1) is 13.0. The highest BCUT2D eigenvalue weighted by molar-refractivity contribution is 5.92. The van der Waals surface area contributed by atoms with Gasteiger partial charge in [0.05, 0.1) is 0 Å². The van der Waals surface area contributed by atoms with Crippen LogP contribution in [0.3, 0.4) is 0 Å². The maximum atomic E-state index is 12.3. The molecule has 144 valence electrons. The number of hydrogen-bond acceptors (Lipinski definition) is 4. The van der Waals surface area contributed by atoms with Gasteiger partial charge in [-0.15, -0.1) is 6.42 Å². The number of nitrogens with one attached hydrogen (secondary N) is 3. The van der Waals surface area contributed by atoms with E-state index in [1.54, 1.807) is 12.1 Å². The van der Waals surface area contributed by atoms with Gasteiger partial charge in [0, 0.05) is 36.8 Å². The largest absolute Gasteiger partial charge is 0.353 e. The summed E-state index contributed by atoms with van der Waals surface area (Å²) in [7, 11) is 0. The van der Waals surface area contributed by atoms with Crippen LogP contribution in [0.1, 0.15) is 54.6 Å². The van der Waals surface area contributed by atoms with Gasteiger partial charge in [0.25, 0.3) is 5.91 Å². The third-order valence-electron chi connectivity index (χ3n) is 4.48. The minimum absolute atomic E-state index is 0.0463. The second-order valence-electron chi connectivity index (χ2n) is 6.56. The van der Waals surface area contributed by atoms with Crippen LogP contribution in [0, 0.1) is 12.3 Å². The monoisotopic (exact) mass is 371 g/mol. The molecule has 2 atom stereocenters. The van der Waals surface area contributed by atoms with E-state index in [2.05, 4.69) is 26.9 Å². The Hall–Kier alpha value is -3.08. The fourth-order valence-electron chi connectivity index (χ4n) is 3.06. The lowest BCUT2D eigenvalue weighted by Gasteiger charge is -2.18. The van der Waals surface area contributed by atoms with Crippen LogP contribution in [0.15, 0.2) is 18.3 Å². The smallest absolute Gasteiger partial charge is 0.312 e. The Morgan fingerprint density at radius 2 is 1.85 bits per heavy atom. The van der Waals surface area contributed by atoms with E-state index >= 15 is 0 Å². The molecule has 0 spiro atoms. The summed E-state index contributed by atoms with van der Waals surface area (Å²) in [6, 6.07) is 2.78. The molecule has 1 aliphatic rings. The molecule has 0 bridgehead atoms. The van der Waals surface area contributed by atoms with Crippen LogP contribution in [-0.4, -0.2) is 41.5 Å². The number of carbonyl (C=O) groups excluding carboxylic acids is 3. The molecule has 1 aromatic heterocycles. The third kappa shape index (κ3) is 6.98. The van der Waals surface area contributed by atoms with Crippen molar-refractivity contribution in [3.8, 4) is 12.3 Å². The Labute approximate surface area is 158 Å². The van der Waals surface area contributed by atoms with Gasteiger partial charge in [-0.1, -0.05) is 5.92 Å². The normalized spacial score (nSPS) is 19.2. The van der Waals surface area contributed by atoms with Crippen molar-refractivity contribution in [3.05, 3.63) is 29.6 Å². The topological polar surface area (TPSA) is 126 Å². The molecule has 8 nitrogen and oxygen atoms in total. The summed E-state index contributed by atoms with van der Waals surface area (Å²) in [6.07, 6.45) is 11.1. The highest BCUT2D eigenvalue weighted by Gasteiger charge is 2.22. The Morgan fingerprint density at radius 3 is 2.44 bits per heavy atom. The molecule has 1 saturated carbocycles. The van der Waals surface area contributed by atoms with Crippen LogP contribution in [0.2, 0.25) is 0 Å². The zero-order valence-corrected chi connectivity index (χ0v) is 15.2. The van der Waals surface area contributed by atoms with Gasteiger partial charge >= 0.3 is 6.03 Å². The molecule has 8 heteroatoms. The van der Waals surface area contributed by atoms with Crippen molar-refractivity contribution >= 4 is 17.8 Å². The summed E-state index contributed by atoms with van der Waals surface area (Å²) in [6.45, 7) is 0.220. The summed E-state index contributed by atoms with van der Waals surface area (Å²) in [5.41, 5.74) is 5.93. The van der Waals surface area contributed by atoms with Crippen molar-refractivity contribution in [2.45, 2.75) is 50.6 Å². The molecule has 1 fully saturated rings. The molecular weight excluding hydrogens is 346 g/mol. The van der Waals surface area contributed by atoms with E-state index in [4.69, 9.17) is 12.2 Å². The molecular formula is C19H25N5O3. The molecule has 1 aromatic rings. The number of aromatic nitrogens is 1. The first kappa shape index (κ1) is 20.2. The molecule has 0 aromatic carbocycles. The van der Waals surface area contributed by atoms with E-state index < -0.39 is 6.03 Å². The predicted molar refractivity (Wildman–Crippen MR) is 101 cm³/mol. The lowest BCUT2D eigenvalue weighted by molar-refractivity contribution is -0.121. The first-order valence-electron chi connectivity index (χ1n) is 9.04. The van der Waals surface area contributed by atoms with Crippen LogP contribution < -0.4 is 21.7 Å². The molecule has 1 heterocycles. The van der Waals surface area contributed by atoms with E-state index in [0.29, 0.717) is 11.3 Å². The van der Waals surface area contributed by atoms with Gasteiger partial charge in [-0.05, 0) is 44.2 Å². The van der Waals surface area contributed by atoms with E-state index in [1.165, 1.54) is 6.20 Å². The Morgan fingerprint density at radius 1 is 1.15 bits per heavy atom. The number of rotatable bonds is 6. The molecule has 27 heavy (non-hydrogen) atoms. The zero-order chi connectivity index (χ0) is 19.6. The summed E-state index contributed by atoms with van der Waals surface area (Å²) >= 11 is 0. The van der Waals surface area contributed by atoms with Crippen molar-refractivity contribution in [1.82, 2.24) is 20.9 Å². The maximum Gasteiger partial charge on any atom is 0.312 e. The minimum atomic E-state index is -0.640. The number of terminal acetylenes is 1. The number of urea groups is 1. The fraction of sp³-hybridized carbons (Fsp3) is 0.474. The van der Waals surface area contributed by atoms with Crippen LogP contribution in [0.5, 0.6) is 0 Å². The molecule has 5 N–H and O–H groups in total. The summed E-state index contributed by atoms with van der Waals surface area (Å²) < 4.78 is 0. The number of carbonyl (C=O) groups is 3. The van der Waals surface area contributed by atoms with Crippen molar-refractivity contribution in [2.75, 3.05) is 6.54 Å². The third-order valence-corrected chi connectivity index (χ3v) is 4.48. The van der Waals surface area contributed by atoms with Gasteiger partial charge in [0.1, 0.15) is 5.69 Å². The molecule has 2 rings (SSSR count). The Kier molecular flexibility index (Phi) is 7.62. The second-order valence-corrected chi connectivity index (χ2v) is 6.56. The highest BCUT2D eigenvalue weighted by atomic mass is 16.2. The molecule has 1 aliphatic carbocycles. The number of hydrogen-bond donors (Lipinski definition) is 4. The summed E-state index contributed by atoms with van der Waals surface area (Å²) in [5.74, 6) is 2.13. The summed E-state index contributed by atoms with van der Waals surface area (Å²) in [5, 5.41) is 8.37. The van der Waals surface area contributed by atoms with Crippen LogP contribution >= 0.6 is 0 Å². The summed E-state index contributed by atoms with van der Waals surface area (Å²) in [4.78, 5) is 38.9. The number of nitrogens with two attached hydrogens (primary N) is 1. The van der Waals surface area contributed by atoms with E-state index in [-0.39, 0.29) is 36.9 Å². The number of pyridine rings is 1. The Bertz CT molecular complexity index is 711. The van der Waals surface area contributed by atoms with Gasteiger partial charge in [-0.3, -0.25) is 9.59 Å². The second kappa shape index (κ2) is 10.2. The Balaban J connectivity index is 1.76. The fourth-order valence-corrected chi connectivity index (χ4v) is 3.06. The average Bonchev–Trinajstić information content (AvgIpc) is 2.86. The predicted octanol–water partition coefficient (Wildman–Crippen LogP) is 0.669. The van der Waals surface area contributed by atoms with Crippen LogP contribution in [0.25, 0.3) is 0 Å². The molecule has 0 aliphatic heterocycles. The lowest BCUT2D eigenvalue weighted by Crippen LogP contribution is -2.38. The first-order valence-corrected chi connectivity index (χ1v) is 9.04. The maximum absolute atomic E-state index is 12.3. The SMILES string of the molecule is C#Cc1ccc(C(=O)NC2CCCC(NC(=O)CCNC(N)=O)CC2)nc1. The van der Waals surface area contributed by atoms with E-state index in [9.17, 15) is 14.4 Å². The zero-order valence-electron chi connectivity index (χ0n) is 15.2. The molecule has 0 radical (unpaired) electrons. The van der Waals surface area contributed by atoms with Crippen LogP contribution in [-0.2, 0) is 4.79 Å². The lowest BCUT2D eigenvalue weighted by atomic mass is 10.1. The van der Waals surface area contributed by atoms with Gasteiger partial charge in [-0.2, -0.15) is 0 Å². The van der Waals surface area contributed by atoms with Gasteiger partial charge in [0.2, 0.25) is 5.91 Å². The van der Waals surface area contributed by atoms with E-state index in [1.807, 2.05) is 0 Å². The van der Waals surface area contributed by atoms with Crippen LogP contribution in [0.4, 0.5) is 4.79 Å². The highest BCUT2D eigenvalue weighted by Crippen LogP contribution is 2.18. The van der Waals surface area contributed by atoms with Crippen molar-refractivity contribution in [1.29, 1.82) is 0 Å². The van der Waals surface area contributed by atoms with Crippen molar-refractivity contribution in [2.24, 2.45) is 5.73 Å². The van der Waals surface area contributed by atoms with Gasteiger partial charge in [0.15, 0.2) is 0 Å². The average molecular weight is 371 g/mol.